The molecule has 0 saturated heterocycles. The summed E-state index contributed by atoms with van der Waals surface area (Å²) in [5, 5.41) is 0. The molecule has 0 aliphatic rings. The van der Waals surface area contributed by atoms with Gasteiger partial charge in [0.15, 0.2) is 0 Å². The largest absolute Gasteiger partial charge is 0.369 e. The van der Waals surface area contributed by atoms with Gasteiger partial charge >= 0.3 is 0 Å². The summed E-state index contributed by atoms with van der Waals surface area (Å²) in [5.41, 5.74) is 11.2. The summed E-state index contributed by atoms with van der Waals surface area (Å²) in [6.07, 6.45) is 4.59. The summed E-state index contributed by atoms with van der Waals surface area (Å²) in [4.78, 5) is 20.1. The predicted octanol–water partition coefficient (Wildman–Crippen LogP) is 3.40. The fourth-order valence-corrected chi connectivity index (χ4v) is 2.79. The second-order valence-electron chi connectivity index (χ2n) is 5.60. The van der Waals surface area contributed by atoms with Crippen molar-refractivity contribution >= 4 is 5.91 Å². The van der Waals surface area contributed by atoms with Crippen LogP contribution < -0.4 is 5.73 Å². The Kier molecular flexibility index (Phi) is 4.66. The molecule has 3 aromatic rings. The molecule has 1 aromatic heterocycles. The van der Waals surface area contributed by atoms with Crippen molar-refractivity contribution < 1.29 is 4.79 Å². The average Bonchev–Trinajstić information content (AvgIpc) is 2.62. The number of hydrogen-bond acceptors (Lipinski definition) is 3. The third-order valence-corrected chi connectivity index (χ3v) is 3.96. The summed E-state index contributed by atoms with van der Waals surface area (Å²) in [7, 11) is 0. The van der Waals surface area contributed by atoms with Gasteiger partial charge in [-0.3, -0.25) is 14.8 Å². The van der Waals surface area contributed by atoms with Crippen molar-refractivity contribution in [3.8, 4) is 22.5 Å². The molecular weight excluding hydrogens is 298 g/mol. The second kappa shape index (κ2) is 7.04. The van der Waals surface area contributed by atoms with Gasteiger partial charge < -0.3 is 5.73 Å². The van der Waals surface area contributed by atoms with E-state index in [1.807, 2.05) is 36.4 Å². The van der Waals surface area contributed by atoms with E-state index in [4.69, 9.17) is 5.73 Å². The Morgan fingerprint density at radius 1 is 0.958 bits per heavy atom. The van der Waals surface area contributed by atoms with Crippen LogP contribution >= 0.6 is 0 Å². The van der Waals surface area contributed by atoms with Gasteiger partial charge in [0.2, 0.25) is 5.91 Å². The van der Waals surface area contributed by atoms with Crippen molar-refractivity contribution in [1.29, 1.82) is 0 Å². The Bertz CT molecular complexity index is 857. The molecule has 0 aliphatic carbocycles. The lowest BCUT2D eigenvalue weighted by molar-refractivity contribution is -0.117. The maximum Gasteiger partial charge on any atom is 0.221 e. The third kappa shape index (κ3) is 3.33. The molecule has 0 bridgehead atoms. The van der Waals surface area contributed by atoms with Crippen LogP contribution in [0.25, 0.3) is 22.5 Å². The van der Waals surface area contributed by atoms with Crippen LogP contribution in [0.2, 0.25) is 0 Å². The molecule has 120 valence electrons. The first-order valence-corrected chi connectivity index (χ1v) is 7.96. The fourth-order valence-electron chi connectivity index (χ4n) is 2.79. The zero-order valence-corrected chi connectivity index (χ0v) is 13.6. The number of aromatic nitrogens is 2. The van der Waals surface area contributed by atoms with E-state index in [1.165, 1.54) is 5.56 Å². The van der Waals surface area contributed by atoms with E-state index in [1.54, 1.807) is 12.4 Å². The quantitative estimate of drug-likeness (QED) is 0.784. The molecule has 0 spiro atoms. The van der Waals surface area contributed by atoms with Gasteiger partial charge in [-0.15, -0.1) is 0 Å². The molecule has 0 saturated carbocycles. The summed E-state index contributed by atoms with van der Waals surface area (Å²) < 4.78 is 0. The van der Waals surface area contributed by atoms with Crippen LogP contribution in [0.1, 0.15) is 18.1 Å². The average molecular weight is 317 g/mol. The Morgan fingerprint density at radius 2 is 1.62 bits per heavy atom. The molecule has 2 aromatic carbocycles. The molecule has 1 amide bonds. The number of primary amides is 1. The smallest absolute Gasteiger partial charge is 0.221 e. The van der Waals surface area contributed by atoms with E-state index >= 15 is 0 Å². The van der Waals surface area contributed by atoms with Gasteiger partial charge in [-0.25, -0.2) is 0 Å². The van der Waals surface area contributed by atoms with Gasteiger partial charge in [0.25, 0.3) is 0 Å². The highest BCUT2D eigenvalue weighted by molar-refractivity contribution is 5.80. The van der Waals surface area contributed by atoms with Gasteiger partial charge in [-0.05, 0) is 17.5 Å². The molecule has 3 rings (SSSR count). The van der Waals surface area contributed by atoms with E-state index in [9.17, 15) is 4.79 Å². The molecule has 0 radical (unpaired) electrons. The van der Waals surface area contributed by atoms with Crippen molar-refractivity contribution in [2.24, 2.45) is 5.73 Å². The first-order valence-electron chi connectivity index (χ1n) is 7.96. The molecule has 0 unspecified atom stereocenters. The highest BCUT2D eigenvalue weighted by atomic mass is 16.1. The number of nitrogens with two attached hydrogens (primary N) is 1. The highest BCUT2D eigenvalue weighted by Gasteiger charge is 2.13. The molecule has 24 heavy (non-hydrogen) atoms. The van der Waals surface area contributed by atoms with E-state index in [2.05, 4.69) is 29.0 Å². The Morgan fingerprint density at radius 3 is 2.29 bits per heavy atom. The minimum absolute atomic E-state index is 0.242. The lowest BCUT2D eigenvalue weighted by Crippen LogP contribution is -2.13. The van der Waals surface area contributed by atoms with E-state index in [-0.39, 0.29) is 12.3 Å². The number of carbonyl (C=O) groups is 1. The van der Waals surface area contributed by atoms with Gasteiger partial charge in [0.05, 0.1) is 17.8 Å². The van der Waals surface area contributed by atoms with Gasteiger partial charge in [-0.2, -0.15) is 0 Å². The minimum Gasteiger partial charge on any atom is -0.369 e. The first kappa shape index (κ1) is 15.9. The predicted molar refractivity (Wildman–Crippen MR) is 95.2 cm³/mol. The number of aryl methyl sites for hydroxylation is 1. The van der Waals surface area contributed by atoms with E-state index < -0.39 is 0 Å². The third-order valence-electron chi connectivity index (χ3n) is 3.96. The maximum absolute atomic E-state index is 11.0. The normalized spacial score (nSPS) is 10.5. The van der Waals surface area contributed by atoms with Crippen LogP contribution in [-0.2, 0) is 17.6 Å². The lowest BCUT2D eigenvalue weighted by Gasteiger charge is -2.11. The molecular formula is C20H19N3O. The number of amides is 1. The van der Waals surface area contributed by atoms with Crippen molar-refractivity contribution in [1.82, 2.24) is 9.97 Å². The van der Waals surface area contributed by atoms with Gasteiger partial charge in [0.1, 0.15) is 0 Å². The van der Waals surface area contributed by atoms with Crippen molar-refractivity contribution in [2.45, 2.75) is 19.8 Å². The standard InChI is InChI=1S/C20H19N3O/c1-2-15-5-3-4-6-17(15)20-19(22-11-12-23-20)16-9-7-14(8-10-16)13-18(21)24/h3-12H,2,13H2,1H3,(H2,21,24). The molecule has 1 heterocycles. The fraction of sp³-hybridized carbons (Fsp3) is 0.150. The molecule has 4 nitrogen and oxygen atoms in total. The Hall–Kier alpha value is -3.01. The number of rotatable bonds is 5. The van der Waals surface area contributed by atoms with Crippen molar-refractivity contribution in [3.05, 3.63) is 72.1 Å². The SMILES string of the molecule is CCc1ccccc1-c1nccnc1-c1ccc(CC(N)=O)cc1. The maximum atomic E-state index is 11.0. The van der Waals surface area contributed by atoms with Crippen LogP contribution in [0.5, 0.6) is 0 Å². The summed E-state index contributed by atoms with van der Waals surface area (Å²) in [5.74, 6) is -0.334. The number of nitrogens with zero attached hydrogens (tertiary/aromatic N) is 2. The van der Waals surface area contributed by atoms with E-state index in [0.717, 1.165) is 34.5 Å². The first-order chi connectivity index (χ1) is 11.7. The van der Waals surface area contributed by atoms with Crippen LogP contribution in [0.3, 0.4) is 0 Å². The van der Waals surface area contributed by atoms with Crippen LogP contribution in [0.4, 0.5) is 0 Å². The van der Waals surface area contributed by atoms with Crippen molar-refractivity contribution in [2.75, 3.05) is 0 Å². The summed E-state index contributed by atoms with van der Waals surface area (Å²) in [6.45, 7) is 2.13. The number of carbonyl (C=O) groups excluding carboxylic acids is 1. The Balaban J connectivity index is 2.05. The zero-order valence-electron chi connectivity index (χ0n) is 13.6. The van der Waals surface area contributed by atoms with Gasteiger partial charge in [0, 0.05) is 23.5 Å². The van der Waals surface area contributed by atoms with Crippen molar-refractivity contribution in [3.63, 3.8) is 0 Å². The van der Waals surface area contributed by atoms with Crippen LogP contribution in [0, 0.1) is 0 Å². The van der Waals surface area contributed by atoms with Crippen LogP contribution in [-0.4, -0.2) is 15.9 Å². The van der Waals surface area contributed by atoms with Crippen LogP contribution in [0.15, 0.2) is 60.9 Å². The molecule has 4 heteroatoms. The topological polar surface area (TPSA) is 68.9 Å². The minimum atomic E-state index is -0.334. The molecule has 0 atom stereocenters. The van der Waals surface area contributed by atoms with Gasteiger partial charge in [-0.1, -0.05) is 55.5 Å². The zero-order chi connectivity index (χ0) is 16.9. The second-order valence-corrected chi connectivity index (χ2v) is 5.60. The lowest BCUT2D eigenvalue weighted by atomic mass is 9.97. The molecule has 2 N–H and O–H groups in total. The Labute approximate surface area is 141 Å². The number of hydrogen-bond donors (Lipinski definition) is 1. The number of benzene rings is 2. The summed E-state index contributed by atoms with van der Waals surface area (Å²) >= 11 is 0. The monoisotopic (exact) mass is 317 g/mol. The molecule has 0 fully saturated rings. The molecule has 0 aliphatic heterocycles. The van der Waals surface area contributed by atoms with E-state index in [0.29, 0.717) is 0 Å². The summed E-state index contributed by atoms with van der Waals surface area (Å²) in [6, 6.07) is 16.0. The highest BCUT2D eigenvalue weighted by Crippen LogP contribution is 2.30.